The molecule has 3 nitrogen and oxygen atoms in total. The molecular weight excluding hydrogens is 258 g/mol. The number of hydrogen-bond donors (Lipinski definition) is 2. The first-order valence-electron chi connectivity index (χ1n) is 6.64. The highest BCUT2D eigenvalue weighted by Crippen LogP contribution is 2.24. The number of aliphatic hydroxyl groups excluding tert-OH is 1. The van der Waals surface area contributed by atoms with Gasteiger partial charge in [0.25, 0.3) is 5.91 Å². The van der Waals surface area contributed by atoms with Crippen molar-refractivity contribution in [2.75, 3.05) is 19.4 Å². The fraction of sp³-hybridized carbons (Fsp3) is 0.533. The zero-order valence-corrected chi connectivity index (χ0v) is 12.7. The Morgan fingerprint density at radius 1 is 1.26 bits per heavy atom. The quantitative estimate of drug-likeness (QED) is 0.756. The van der Waals surface area contributed by atoms with E-state index in [0.29, 0.717) is 12.1 Å². The molecule has 1 rings (SSSR count). The van der Waals surface area contributed by atoms with E-state index in [-0.39, 0.29) is 17.9 Å². The van der Waals surface area contributed by atoms with Gasteiger partial charge in [-0.1, -0.05) is 13.8 Å². The molecule has 4 heteroatoms. The lowest BCUT2D eigenvalue weighted by atomic mass is 9.83. The smallest absolute Gasteiger partial charge is 0.251 e. The molecule has 0 unspecified atom stereocenters. The Morgan fingerprint density at radius 3 is 2.26 bits per heavy atom. The van der Waals surface area contributed by atoms with Crippen molar-refractivity contribution in [3.05, 3.63) is 29.8 Å². The summed E-state index contributed by atoms with van der Waals surface area (Å²) in [6.45, 7) is 4.70. The Bertz CT molecular complexity index is 391. The van der Waals surface area contributed by atoms with E-state index in [1.54, 1.807) is 11.8 Å². The predicted molar refractivity (Wildman–Crippen MR) is 80.7 cm³/mol. The van der Waals surface area contributed by atoms with E-state index in [0.717, 1.165) is 17.7 Å². The molecule has 0 saturated carbocycles. The van der Waals surface area contributed by atoms with E-state index in [2.05, 4.69) is 5.32 Å². The standard InChI is InChI=1S/C15H23NO2S/c1-4-15(5-2,11-17)10-16-14(18)12-6-8-13(19-3)9-7-12/h6-9,17H,4-5,10-11H2,1-3H3,(H,16,18). The van der Waals surface area contributed by atoms with Crippen LogP contribution in [0, 0.1) is 5.41 Å². The van der Waals surface area contributed by atoms with Gasteiger partial charge in [-0.05, 0) is 43.4 Å². The van der Waals surface area contributed by atoms with Crippen LogP contribution in [-0.2, 0) is 0 Å². The molecule has 0 fully saturated rings. The maximum atomic E-state index is 12.0. The monoisotopic (exact) mass is 281 g/mol. The second-order valence-corrected chi connectivity index (χ2v) is 5.66. The van der Waals surface area contributed by atoms with Gasteiger partial charge in [0.2, 0.25) is 0 Å². The van der Waals surface area contributed by atoms with E-state index >= 15 is 0 Å². The second kappa shape index (κ2) is 7.56. The molecule has 106 valence electrons. The Morgan fingerprint density at radius 2 is 1.84 bits per heavy atom. The van der Waals surface area contributed by atoms with Crippen LogP contribution in [0.15, 0.2) is 29.2 Å². The van der Waals surface area contributed by atoms with E-state index in [1.807, 2.05) is 44.4 Å². The SMILES string of the molecule is CCC(CC)(CO)CNC(=O)c1ccc(SC)cc1. The van der Waals surface area contributed by atoms with Gasteiger partial charge in [0.15, 0.2) is 0 Å². The fourth-order valence-corrected chi connectivity index (χ4v) is 2.30. The van der Waals surface area contributed by atoms with Gasteiger partial charge in [-0.25, -0.2) is 0 Å². The molecule has 0 spiro atoms. The maximum absolute atomic E-state index is 12.0. The Kier molecular flexibility index (Phi) is 6.38. The van der Waals surface area contributed by atoms with E-state index in [9.17, 15) is 9.90 Å². The van der Waals surface area contributed by atoms with Gasteiger partial charge in [0, 0.05) is 22.4 Å². The van der Waals surface area contributed by atoms with E-state index in [4.69, 9.17) is 0 Å². The third-order valence-electron chi connectivity index (χ3n) is 3.81. The topological polar surface area (TPSA) is 49.3 Å². The molecule has 0 aromatic heterocycles. The number of aliphatic hydroxyl groups is 1. The van der Waals surface area contributed by atoms with Gasteiger partial charge in [0.05, 0.1) is 6.61 Å². The van der Waals surface area contributed by atoms with Gasteiger partial charge in [-0.15, -0.1) is 11.8 Å². The highest BCUT2D eigenvalue weighted by Gasteiger charge is 2.25. The lowest BCUT2D eigenvalue weighted by Crippen LogP contribution is -2.39. The second-order valence-electron chi connectivity index (χ2n) is 4.78. The minimum atomic E-state index is -0.200. The van der Waals surface area contributed by atoms with Gasteiger partial charge in [-0.2, -0.15) is 0 Å². The number of carbonyl (C=O) groups excluding carboxylic acids is 1. The third-order valence-corrected chi connectivity index (χ3v) is 4.56. The molecule has 0 aliphatic carbocycles. The summed E-state index contributed by atoms with van der Waals surface area (Å²) in [6, 6.07) is 7.55. The number of rotatable bonds is 7. The predicted octanol–water partition coefficient (Wildman–Crippen LogP) is 2.94. The molecule has 0 aliphatic rings. The molecule has 19 heavy (non-hydrogen) atoms. The highest BCUT2D eigenvalue weighted by atomic mass is 32.2. The first-order chi connectivity index (χ1) is 9.10. The average Bonchev–Trinajstić information content (AvgIpc) is 2.49. The molecule has 2 N–H and O–H groups in total. The number of benzene rings is 1. The van der Waals surface area contributed by atoms with Crippen molar-refractivity contribution in [3.63, 3.8) is 0 Å². The van der Waals surface area contributed by atoms with Crippen molar-refractivity contribution in [2.24, 2.45) is 5.41 Å². The molecule has 1 amide bonds. The van der Waals surface area contributed by atoms with Crippen LogP contribution in [-0.4, -0.2) is 30.4 Å². The Labute approximate surface area is 119 Å². The van der Waals surface area contributed by atoms with Gasteiger partial charge in [-0.3, -0.25) is 4.79 Å². The Balaban J connectivity index is 2.63. The fourth-order valence-electron chi connectivity index (χ4n) is 1.89. The number of carbonyl (C=O) groups is 1. The normalized spacial score (nSPS) is 11.4. The summed E-state index contributed by atoms with van der Waals surface area (Å²) in [6.07, 6.45) is 3.71. The van der Waals surface area contributed by atoms with E-state index in [1.165, 1.54) is 0 Å². The average molecular weight is 281 g/mol. The summed E-state index contributed by atoms with van der Waals surface area (Å²) >= 11 is 1.65. The van der Waals surface area contributed by atoms with Crippen molar-refractivity contribution in [2.45, 2.75) is 31.6 Å². The van der Waals surface area contributed by atoms with Gasteiger partial charge >= 0.3 is 0 Å². The van der Waals surface area contributed by atoms with Crippen LogP contribution in [0.25, 0.3) is 0 Å². The first-order valence-corrected chi connectivity index (χ1v) is 7.86. The summed E-state index contributed by atoms with van der Waals surface area (Å²) in [7, 11) is 0. The van der Waals surface area contributed by atoms with Crippen LogP contribution in [0.4, 0.5) is 0 Å². The molecule has 0 radical (unpaired) electrons. The molecular formula is C15H23NO2S. The van der Waals surface area contributed by atoms with Crippen LogP contribution in [0.1, 0.15) is 37.0 Å². The van der Waals surface area contributed by atoms with Gasteiger partial charge in [0.1, 0.15) is 0 Å². The number of amides is 1. The lowest BCUT2D eigenvalue weighted by molar-refractivity contribution is 0.0851. The number of nitrogens with one attached hydrogen (secondary N) is 1. The molecule has 0 atom stereocenters. The number of hydrogen-bond acceptors (Lipinski definition) is 3. The molecule has 0 bridgehead atoms. The lowest BCUT2D eigenvalue weighted by Gasteiger charge is -2.29. The summed E-state index contributed by atoms with van der Waals surface area (Å²) in [5, 5.41) is 12.4. The summed E-state index contributed by atoms with van der Waals surface area (Å²) in [5.41, 5.74) is 0.464. The zero-order chi connectivity index (χ0) is 14.3. The van der Waals surface area contributed by atoms with Crippen LogP contribution >= 0.6 is 11.8 Å². The molecule has 1 aromatic rings. The summed E-state index contributed by atoms with van der Waals surface area (Å²) < 4.78 is 0. The van der Waals surface area contributed by atoms with E-state index < -0.39 is 0 Å². The largest absolute Gasteiger partial charge is 0.396 e. The molecule has 1 aromatic carbocycles. The van der Waals surface area contributed by atoms with Crippen molar-refractivity contribution < 1.29 is 9.90 Å². The summed E-state index contributed by atoms with van der Waals surface area (Å²) in [5.74, 6) is -0.0765. The van der Waals surface area contributed by atoms with Crippen molar-refractivity contribution in [1.29, 1.82) is 0 Å². The number of thioether (sulfide) groups is 1. The zero-order valence-electron chi connectivity index (χ0n) is 11.9. The summed E-state index contributed by atoms with van der Waals surface area (Å²) in [4.78, 5) is 13.2. The van der Waals surface area contributed by atoms with Crippen molar-refractivity contribution >= 4 is 17.7 Å². The van der Waals surface area contributed by atoms with Crippen LogP contribution < -0.4 is 5.32 Å². The van der Waals surface area contributed by atoms with Crippen molar-refractivity contribution in [1.82, 2.24) is 5.32 Å². The molecule has 0 heterocycles. The minimum Gasteiger partial charge on any atom is -0.396 e. The third kappa shape index (κ3) is 4.25. The van der Waals surface area contributed by atoms with Crippen LogP contribution in [0.3, 0.4) is 0 Å². The van der Waals surface area contributed by atoms with Crippen LogP contribution in [0.5, 0.6) is 0 Å². The highest BCUT2D eigenvalue weighted by molar-refractivity contribution is 7.98. The first kappa shape index (κ1) is 16.1. The molecule has 0 aliphatic heterocycles. The van der Waals surface area contributed by atoms with Crippen molar-refractivity contribution in [3.8, 4) is 0 Å². The Hall–Kier alpha value is -1.00. The minimum absolute atomic E-state index is 0.0765. The maximum Gasteiger partial charge on any atom is 0.251 e. The molecule has 0 saturated heterocycles. The van der Waals surface area contributed by atoms with Gasteiger partial charge < -0.3 is 10.4 Å². The van der Waals surface area contributed by atoms with Crippen LogP contribution in [0.2, 0.25) is 0 Å².